The van der Waals surface area contributed by atoms with Crippen LogP contribution in [0.1, 0.15) is 26.5 Å². The number of ether oxygens (including phenoxy) is 1. The van der Waals surface area contributed by atoms with Crippen LogP contribution in [0.2, 0.25) is 0 Å². The van der Waals surface area contributed by atoms with Crippen molar-refractivity contribution < 1.29 is 19.4 Å². The van der Waals surface area contributed by atoms with Gasteiger partial charge in [-0.1, -0.05) is 0 Å². The Morgan fingerprint density at radius 3 is 2.55 bits per heavy atom. The van der Waals surface area contributed by atoms with Crippen LogP contribution in [0.25, 0.3) is 0 Å². The second-order valence-electron chi connectivity index (χ2n) is 5.43. The van der Waals surface area contributed by atoms with Gasteiger partial charge in [0.1, 0.15) is 11.6 Å². The fourth-order valence-corrected chi connectivity index (χ4v) is 1.45. The molecule has 0 aliphatic carbocycles. The molecule has 1 heterocycles. The third-order valence-corrected chi connectivity index (χ3v) is 2.34. The number of carbonyl (C=O) groups excluding carboxylic acids is 1. The smallest absolute Gasteiger partial charge is 0.408 e. The molecule has 0 saturated carbocycles. The minimum absolute atomic E-state index is 0.0351. The number of carbonyl (C=O) groups is 2. The highest BCUT2D eigenvalue weighted by molar-refractivity contribution is 5.79. The van der Waals surface area contributed by atoms with Crippen LogP contribution >= 0.6 is 0 Å². The lowest BCUT2D eigenvalue weighted by Crippen LogP contribution is -2.45. The van der Waals surface area contributed by atoms with Gasteiger partial charge in [-0.2, -0.15) is 5.10 Å². The van der Waals surface area contributed by atoms with Crippen LogP contribution < -0.4 is 11.1 Å². The Morgan fingerprint density at radius 1 is 1.55 bits per heavy atom. The molecule has 0 fully saturated rings. The summed E-state index contributed by atoms with van der Waals surface area (Å²) in [4.78, 5) is 22.7. The quantitative estimate of drug-likeness (QED) is 0.750. The third kappa shape index (κ3) is 4.79. The number of hydrogen-bond acceptors (Lipinski definition) is 5. The number of carboxylic acids is 1. The van der Waals surface area contributed by atoms with Crippen molar-refractivity contribution >= 4 is 17.7 Å². The van der Waals surface area contributed by atoms with Crippen molar-refractivity contribution in [3.8, 4) is 0 Å². The van der Waals surface area contributed by atoms with Gasteiger partial charge in [-0.25, -0.2) is 9.59 Å². The van der Waals surface area contributed by atoms with Gasteiger partial charge in [0.15, 0.2) is 0 Å². The number of amides is 1. The number of nitrogens with two attached hydrogens (primary N) is 1. The molecule has 0 spiro atoms. The summed E-state index contributed by atoms with van der Waals surface area (Å²) >= 11 is 0. The molecule has 0 unspecified atom stereocenters. The molecule has 0 bridgehead atoms. The number of alkyl carbamates (subject to hydrolysis) is 1. The number of hydrogen-bond donors (Lipinski definition) is 3. The van der Waals surface area contributed by atoms with Gasteiger partial charge in [-0.3, -0.25) is 4.68 Å². The Kier molecular flexibility index (Phi) is 4.59. The third-order valence-electron chi connectivity index (χ3n) is 2.34. The summed E-state index contributed by atoms with van der Waals surface area (Å²) in [7, 11) is 0. The van der Waals surface area contributed by atoms with E-state index in [9.17, 15) is 9.59 Å². The first-order valence-electron chi connectivity index (χ1n) is 6.10. The largest absolute Gasteiger partial charge is 0.480 e. The van der Waals surface area contributed by atoms with Gasteiger partial charge in [0.2, 0.25) is 0 Å². The van der Waals surface area contributed by atoms with Crippen LogP contribution in [-0.4, -0.2) is 38.6 Å². The standard InChI is InChI=1S/C12H20N4O4/c1-7-8(13)5-16(15-7)6-9(10(17)18)14-11(19)20-12(2,3)4/h5,9H,6,13H2,1-4H3,(H,14,19)(H,17,18)/t9-/m0/s1. The Balaban J connectivity index is 2.70. The molecular weight excluding hydrogens is 264 g/mol. The molecule has 0 radical (unpaired) electrons. The zero-order valence-electron chi connectivity index (χ0n) is 12.0. The molecule has 1 amide bonds. The lowest BCUT2D eigenvalue weighted by molar-refractivity contribution is -0.139. The van der Waals surface area contributed by atoms with Crippen molar-refractivity contribution in [2.24, 2.45) is 0 Å². The van der Waals surface area contributed by atoms with E-state index in [0.29, 0.717) is 11.4 Å². The van der Waals surface area contributed by atoms with Crippen LogP contribution in [0, 0.1) is 6.92 Å². The molecule has 0 aliphatic rings. The number of aliphatic carboxylic acids is 1. The summed E-state index contributed by atoms with van der Waals surface area (Å²) in [6, 6.07) is -1.15. The minimum Gasteiger partial charge on any atom is -0.480 e. The molecule has 1 atom stereocenters. The van der Waals surface area contributed by atoms with Gasteiger partial charge in [-0.05, 0) is 27.7 Å². The SMILES string of the molecule is Cc1nn(C[C@H](NC(=O)OC(C)(C)C)C(=O)O)cc1N. The summed E-state index contributed by atoms with van der Waals surface area (Å²) in [6.07, 6.45) is 0.726. The molecule has 4 N–H and O–H groups in total. The molecule has 1 aromatic heterocycles. The fraction of sp³-hybridized carbons (Fsp3) is 0.583. The molecule has 112 valence electrons. The van der Waals surface area contributed by atoms with Gasteiger partial charge in [0.25, 0.3) is 0 Å². The van der Waals surface area contributed by atoms with E-state index in [-0.39, 0.29) is 6.54 Å². The van der Waals surface area contributed by atoms with Gasteiger partial charge < -0.3 is 20.9 Å². The normalized spacial score (nSPS) is 12.8. The average Bonchev–Trinajstić information content (AvgIpc) is 2.54. The van der Waals surface area contributed by atoms with Crippen LogP contribution in [0.4, 0.5) is 10.5 Å². The van der Waals surface area contributed by atoms with E-state index in [2.05, 4.69) is 10.4 Å². The van der Waals surface area contributed by atoms with Crippen LogP contribution in [0.15, 0.2) is 6.20 Å². The number of rotatable bonds is 4. The Bertz CT molecular complexity index is 485. The van der Waals surface area contributed by atoms with Crippen molar-refractivity contribution in [2.45, 2.75) is 45.9 Å². The summed E-state index contributed by atoms with van der Waals surface area (Å²) in [5.74, 6) is -1.18. The molecule has 1 rings (SSSR count). The predicted octanol–water partition coefficient (Wildman–Crippen LogP) is 0.752. The van der Waals surface area contributed by atoms with Crippen molar-refractivity contribution in [3.63, 3.8) is 0 Å². The lowest BCUT2D eigenvalue weighted by Gasteiger charge is -2.21. The number of anilines is 1. The topological polar surface area (TPSA) is 119 Å². The van der Waals surface area contributed by atoms with Gasteiger partial charge in [0.05, 0.1) is 17.9 Å². The number of nitrogens with zero attached hydrogens (tertiary/aromatic N) is 2. The van der Waals surface area contributed by atoms with Gasteiger partial charge >= 0.3 is 12.1 Å². The Morgan fingerprint density at radius 2 is 2.15 bits per heavy atom. The second-order valence-corrected chi connectivity index (χ2v) is 5.43. The van der Waals surface area contributed by atoms with Crippen molar-refractivity contribution in [3.05, 3.63) is 11.9 Å². The lowest BCUT2D eigenvalue weighted by atomic mass is 10.2. The maximum atomic E-state index is 11.6. The molecule has 8 heteroatoms. The Hall–Kier alpha value is -2.25. The first-order chi connectivity index (χ1) is 9.08. The second kappa shape index (κ2) is 5.81. The zero-order chi connectivity index (χ0) is 15.5. The predicted molar refractivity (Wildman–Crippen MR) is 72.2 cm³/mol. The van der Waals surface area contributed by atoms with Crippen LogP contribution in [0.3, 0.4) is 0 Å². The van der Waals surface area contributed by atoms with E-state index in [4.69, 9.17) is 15.6 Å². The highest BCUT2D eigenvalue weighted by Gasteiger charge is 2.24. The molecular formula is C12H20N4O4. The fourth-order valence-electron chi connectivity index (χ4n) is 1.45. The summed E-state index contributed by atoms with van der Waals surface area (Å²) in [5.41, 5.74) is 6.01. The molecule has 0 aliphatic heterocycles. The number of aryl methyl sites for hydroxylation is 1. The van der Waals surface area contributed by atoms with E-state index >= 15 is 0 Å². The Labute approximate surface area is 116 Å². The highest BCUT2D eigenvalue weighted by atomic mass is 16.6. The molecule has 8 nitrogen and oxygen atoms in total. The number of carboxylic acid groups (broad SMARTS) is 1. The monoisotopic (exact) mass is 284 g/mol. The first kappa shape index (κ1) is 15.8. The summed E-state index contributed by atoms with van der Waals surface area (Å²) in [5, 5.41) is 15.5. The summed E-state index contributed by atoms with van der Waals surface area (Å²) < 4.78 is 6.39. The maximum Gasteiger partial charge on any atom is 0.408 e. The van der Waals surface area contributed by atoms with Gasteiger partial charge in [-0.15, -0.1) is 0 Å². The molecule has 0 saturated heterocycles. The maximum absolute atomic E-state index is 11.6. The van der Waals surface area contributed by atoms with E-state index in [0.717, 1.165) is 0 Å². The minimum atomic E-state index is -1.18. The molecule has 20 heavy (non-hydrogen) atoms. The molecule has 0 aromatic carbocycles. The molecule has 1 aromatic rings. The van der Waals surface area contributed by atoms with Gasteiger partial charge in [0, 0.05) is 6.20 Å². The number of aromatic nitrogens is 2. The highest BCUT2D eigenvalue weighted by Crippen LogP contribution is 2.09. The van der Waals surface area contributed by atoms with Crippen LogP contribution in [0.5, 0.6) is 0 Å². The summed E-state index contributed by atoms with van der Waals surface area (Å²) in [6.45, 7) is 6.76. The van der Waals surface area contributed by atoms with Crippen molar-refractivity contribution in [2.75, 3.05) is 5.73 Å². The number of nitrogens with one attached hydrogen (secondary N) is 1. The van der Waals surface area contributed by atoms with Crippen molar-refractivity contribution in [1.82, 2.24) is 15.1 Å². The zero-order valence-corrected chi connectivity index (χ0v) is 12.0. The van der Waals surface area contributed by atoms with E-state index < -0.39 is 23.7 Å². The van der Waals surface area contributed by atoms with E-state index in [1.165, 1.54) is 10.9 Å². The van der Waals surface area contributed by atoms with E-state index in [1.54, 1.807) is 27.7 Å². The average molecular weight is 284 g/mol. The first-order valence-corrected chi connectivity index (χ1v) is 6.10. The van der Waals surface area contributed by atoms with Crippen molar-refractivity contribution in [1.29, 1.82) is 0 Å². The van der Waals surface area contributed by atoms with E-state index in [1.807, 2.05) is 0 Å². The number of nitrogen functional groups attached to an aromatic ring is 1. The van der Waals surface area contributed by atoms with Crippen LogP contribution in [-0.2, 0) is 16.1 Å².